The minimum absolute atomic E-state index is 0.0598. The minimum Gasteiger partial charge on any atom is -0.507 e. The fraction of sp³-hybridized carbons (Fsp3) is 0.562. The van der Waals surface area contributed by atoms with Crippen molar-refractivity contribution in [1.29, 1.82) is 0 Å². The fourth-order valence-electron chi connectivity index (χ4n) is 2.92. The van der Waals surface area contributed by atoms with Gasteiger partial charge in [-0.15, -0.1) is 0 Å². The van der Waals surface area contributed by atoms with E-state index in [1.54, 1.807) is 0 Å². The summed E-state index contributed by atoms with van der Waals surface area (Å²) < 4.78 is 13.7. The molecule has 1 heterocycles. The molecule has 116 valence electrons. The lowest BCUT2D eigenvalue weighted by Crippen LogP contribution is -2.37. The molecule has 1 N–H and O–H groups in total. The van der Waals surface area contributed by atoms with Crippen molar-refractivity contribution in [1.82, 2.24) is 9.80 Å². The molecule has 0 aliphatic carbocycles. The van der Waals surface area contributed by atoms with Crippen LogP contribution in [0.15, 0.2) is 12.1 Å². The van der Waals surface area contributed by atoms with Crippen LogP contribution in [0.2, 0.25) is 0 Å². The van der Waals surface area contributed by atoms with Crippen LogP contribution in [0.25, 0.3) is 0 Å². The second kappa shape index (κ2) is 6.54. The molecule has 0 bridgehead atoms. The summed E-state index contributed by atoms with van der Waals surface area (Å²) in [7, 11) is 2.09. The molecule has 0 aromatic heterocycles. The highest BCUT2D eigenvalue weighted by atomic mass is 19.1. The summed E-state index contributed by atoms with van der Waals surface area (Å²) in [5.41, 5.74) is 0.543. The molecule has 1 saturated heterocycles. The number of benzene rings is 1. The van der Waals surface area contributed by atoms with Crippen LogP contribution < -0.4 is 0 Å². The third-order valence-corrected chi connectivity index (χ3v) is 4.09. The Balaban J connectivity index is 2.24. The summed E-state index contributed by atoms with van der Waals surface area (Å²) >= 11 is 0. The summed E-state index contributed by atoms with van der Waals surface area (Å²) in [6, 6.07) is 2.74. The van der Waals surface area contributed by atoms with Crippen molar-refractivity contribution in [2.24, 2.45) is 0 Å². The summed E-state index contributed by atoms with van der Waals surface area (Å²) in [5, 5.41) is 10.2. The van der Waals surface area contributed by atoms with Gasteiger partial charge in [0.15, 0.2) is 5.78 Å². The first kappa shape index (κ1) is 15.9. The zero-order valence-corrected chi connectivity index (χ0v) is 12.9. The van der Waals surface area contributed by atoms with Gasteiger partial charge in [0.1, 0.15) is 11.6 Å². The Hall–Kier alpha value is -1.46. The summed E-state index contributed by atoms with van der Waals surface area (Å²) in [4.78, 5) is 16.0. The largest absolute Gasteiger partial charge is 0.507 e. The Bertz CT molecular complexity index is 533. The normalized spacial score (nSPS) is 21.2. The highest BCUT2D eigenvalue weighted by molar-refractivity contribution is 5.97. The highest BCUT2D eigenvalue weighted by Crippen LogP contribution is 2.27. The van der Waals surface area contributed by atoms with Gasteiger partial charge >= 0.3 is 0 Å². The molecule has 1 atom stereocenters. The highest BCUT2D eigenvalue weighted by Gasteiger charge is 2.22. The molecule has 0 amide bonds. The van der Waals surface area contributed by atoms with Crippen molar-refractivity contribution in [2.75, 3.05) is 26.7 Å². The van der Waals surface area contributed by atoms with E-state index in [9.17, 15) is 14.3 Å². The van der Waals surface area contributed by atoms with Crippen LogP contribution in [0, 0.1) is 5.82 Å². The SMILES string of the molecule is CC(=O)c1cc(F)cc(CN2CCCN(C)CC2C)c1O. The van der Waals surface area contributed by atoms with Gasteiger partial charge in [0.25, 0.3) is 0 Å². The molecule has 1 aromatic carbocycles. The summed E-state index contributed by atoms with van der Waals surface area (Å²) in [6.45, 7) is 6.80. The lowest BCUT2D eigenvalue weighted by Gasteiger charge is -2.28. The number of ketones is 1. The third kappa shape index (κ3) is 3.80. The predicted molar refractivity (Wildman–Crippen MR) is 80.1 cm³/mol. The van der Waals surface area contributed by atoms with Crippen LogP contribution in [0.4, 0.5) is 4.39 Å². The number of Topliss-reactive ketones (excluding diaryl/α,β-unsaturated/α-hetero) is 1. The molecule has 1 aliphatic heterocycles. The first-order valence-electron chi connectivity index (χ1n) is 7.33. The second-order valence-electron chi connectivity index (χ2n) is 5.95. The quantitative estimate of drug-likeness (QED) is 0.869. The van der Waals surface area contributed by atoms with Crippen LogP contribution in [0.1, 0.15) is 36.2 Å². The Morgan fingerprint density at radius 2 is 2.14 bits per heavy atom. The Labute approximate surface area is 125 Å². The van der Waals surface area contributed by atoms with Crippen molar-refractivity contribution >= 4 is 5.78 Å². The van der Waals surface area contributed by atoms with Gasteiger partial charge in [0.2, 0.25) is 0 Å². The second-order valence-corrected chi connectivity index (χ2v) is 5.95. The number of carbonyl (C=O) groups excluding carboxylic acids is 1. The van der Waals surface area contributed by atoms with Crippen LogP contribution in [-0.2, 0) is 6.54 Å². The first-order valence-corrected chi connectivity index (χ1v) is 7.33. The van der Waals surface area contributed by atoms with Crippen LogP contribution in [0.3, 0.4) is 0 Å². The maximum Gasteiger partial charge on any atom is 0.163 e. The van der Waals surface area contributed by atoms with Gasteiger partial charge in [-0.2, -0.15) is 0 Å². The van der Waals surface area contributed by atoms with Crippen molar-refractivity contribution in [2.45, 2.75) is 32.9 Å². The molecular formula is C16H23FN2O2. The van der Waals surface area contributed by atoms with Gasteiger partial charge in [0.05, 0.1) is 5.56 Å². The average Bonchev–Trinajstić information content (AvgIpc) is 2.55. The molecule has 0 saturated carbocycles. The predicted octanol–water partition coefficient (Wildman–Crippen LogP) is 2.26. The molecule has 1 unspecified atom stereocenters. The van der Waals surface area contributed by atoms with E-state index in [-0.39, 0.29) is 17.1 Å². The summed E-state index contributed by atoms with van der Waals surface area (Å²) in [6.07, 6.45) is 1.04. The number of aromatic hydroxyl groups is 1. The van der Waals surface area contributed by atoms with Gasteiger partial charge in [-0.3, -0.25) is 9.69 Å². The number of phenols is 1. The van der Waals surface area contributed by atoms with E-state index in [1.165, 1.54) is 13.0 Å². The Morgan fingerprint density at radius 3 is 2.81 bits per heavy atom. The van der Waals surface area contributed by atoms with Crippen LogP contribution in [-0.4, -0.2) is 53.4 Å². The Kier molecular flexibility index (Phi) is 4.96. The van der Waals surface area contributed by atoms with Gasteiger partial charge in [-0.05, 0) is 46.0 Å². The molecule has 4 nitrogen and oxygen atoms in total. The van der Waals surface area contributed by atoms with Gasteiger partial charge < -0.3 is 10.0 Å². The molecule has 1 aromatic rings. The topological polar surface area (TPSA) is 43.8 Å². The molecular weight excluding hydrogens is 271 g/mol. The minimum atomic E-state index is -0.479. The number of carbonyl (C=O) groups is 1. The lowest BCUT2D eigenvalue weighted by molar-refractivity contribution is 0.101. The van der Waals surface area contributed by atoms with E-state index < -0.39 is 5.82 Å². The number of hydrogen-bond donors (Lipinski definition) is 1. The molecule has 0 radical (unpaired) electrons. The first-order chi connectivity index (χ1) is 9.88. The van der Waals surface area contributed by atoms with E-state index in [2.05, 4.69) is 23.8 Å². The molecule has 1 aliphatic rings. The van der Waals surface area contributed by atoms with Crippen molar-refractivity contribution in [3.8, 4) is 5.75 Å². The standard InChI is InChI=1S/C16H23FN2O2/c1-11-9-18(3)5-4-6-19(11)10-13-7-14(17)8-15(12(2)20)16(13)21/h7-8,11,21H,4-6,9-10H2,1-3H3. The molecule has 1 fully saturated rings. The number of halogens is 1. The lowest BCUT2D eigenvalue weighted by atomic mass is 10.0. The molecule has 0 spiro atoms. The monoisotopic (exact) mass is 294 g/mol. The number of rotatable bonds is 3. The van der Waals surface area contributed by atoms with E-state index in [0.717, 1.165) is 32.1 Å². The number of nitrogens with zero attached hydrogens (tertiary/aromatic N) is 2. The van der Waals surface area contributed by atoms with Crippen molar-refractivity contribution in [3.63, 3.8) is 0 Å². The van der Waals surface area contributed by atoms with E-state index >= 15 is 0 Å². The molecule has 21 heavy (non-hydrogen) atoms. The number of phenolic OH excluding ortho intramolecular Hbond substituents is 1. The Morgan fingerprint density at radius 1 is 1.43 bits per heavy atom. The van der Waals surface area contributed by atoms with Gasteiger partial charge in [-0.1, -0.05) is 0 Å². The number of likely N-dealkylation sites (N-methyl/N-ethyl adjacent to an activating group) is 1. The fourth-order valence-corrected chi connectivity index (χ4v) is 2.92. The zero-order valence-electron chi connectivity index (χ0n) is 12.9. The smallest absolute Gasteiger partial charge is 0.163 e. The zero-order chi connectivity index (χ0) is 15.6. The van der Waals surface area contributed by atoms with E-state index in [0.29, 0.717) is 18.2 Å². The van der Waals surface area contributed by atoms with E-state index in [1.807, 2.05) is 0 Å². The third-order valence-electron chi connectivity index (χ3n) is 4.09. The average molecular weight is 294 g/mol. The van der Waals surface area contributed by atoms with Crippen LogP contribution in [0.5, 0.6) is 5.75 Å². The maximum atomic E-state index is 13.7. The molecule has 2 rings (SSSR count). The van der Waals surface area contributed by atoms with Crippen molar-refractivity contribution < 1.29 is 14.3 Å². The van der Waals surface area contributed by atoms with Gasteiger partial charge in [-0.25, -0.2) is 4.39 Å². The maximum absolute atomic E-state index is 13.7. The summed E-state index contributed by atoms with van der Waals surface area (Å²) in [5.74, 6) is -0.891. The van der Waals surface area contributed by atoms with E-state index in [4.69, 9.17) is 0 Å². The van der Waals surface area contributed by atoms with Crippen molar-refractivity contribution in [3.05, 3.63) is 29.1 Å². The number of hydrogen-bond acceptors (Lipinski definition) is 4. The molecule has 5 heteroatoms. The van der Waals surface area contributed by atoms with Gasteiger partial charge in [0, 0.05) is 31.2 Å². The van der Waals surface area contributed by atoms with Crippen LogP contribution >= 0.6 is 0 Å².